The smallest absolute Gasteiger partial charge is 0.0589 e. The normalized spacial score (nSPS) is 37.5. The molecule has 0 bridgehead atoms. The monoisotopic (exact) mass is 244 g/mol. The molecule has 2 atom stereocenters. The predicted molar refractivity (Wildman–Crippen MR) is 69.9 cm³/mol. The van der Waals surface area contributed by atoms with Gasteiger partial charge in [-0.15, -0.1) is 0 Å². The van der Waals surface area contributed by atoms with Gasteiger partial charge in [0.2, 0.25) is 0 Å². The van der Waals surface area contributed by atoms with Gasteiger partial charge in [0.05, 0.1) is 6.10 Å². The van der Waals surface area contributed by atoms with E-state index in [9.17, 15) is 0 Å². The van der Waals surface area contributed by atoms with Gasteiger partial charge in [-0.3, -0.25) is 4.90 Å². The maximum Gasteiger partial charge on any atom is 0.0589 e. The largest absolute Gasteiger partial charge is 0.381 e. The molecule has 2 aliphatic rings. The summed E-state index contributed by atoms with van der Waals surface area (Å²) in [6, 6.07) is 0. The molecule has 2 unspecified atom stereocenters. The molecule has 0 spiro atoms. The highest BCUT2D eigenvalue weighted by Gasteiger charge is 2.40. The van der Waals surface area contributed by atoms with E-state index in [0.29, 0.717) is 6.10 Å². The SMILES string of the molecule is COC1CCCC(CN)(N2CCSCC2)C1. The van der Waals surface area contributed by atoms with E-state index in [2.05, 4.69) is 16.7 Å². The van der Waals surface area contributed by atoms with Crippen molar-refractivity contribution in [3.8, 4) is 0 Å². The predicted octanol–water partition coefficient (Wildman–Crippen LogP) is 1.32. The first-order valence-electron chi connectivity index (χ1n) is 6.36. The maximum atomic E-state index is 6.08. The average molecular weight is 244 g/mol. The van der Waals surface area contributed by atoms with E-state index in [0.717, 1.165) is 13.0 Å². The Morgan fingerprint density at radius 1 is 1.44 bits per heavy atom. The Labute approximate surface area is 103 Å². The summed E-state index contributed by atoms with van der Waals surface area (Å²) in [6.07, 6.45) is 5.28. The first-order chi connectivity index (χ1) is 7.80. The van der Waals surface area contributed by atoms with Gasteiger partial charge >= 0.3 is 0 Å². The number of thioether (sulfide) groups is 1. The van der Waals surface area contributed by atoms with Crippen molar-refractivity contribution in [2.24, 2.45) is 5.73 Å². The van der Waals surface area contributed by atoms with Crippen molar-refractivity contribution in [2.45, 2.75) is 37.3 Å². The zero-order valence-corrected chi connectivity index (χ0v) is 11.1. The van der Waals surface area contributed by atoms with E-state index < -0.39 is 0 Å². The summed E-state index contributed by atoms with van der Waals surface area (Å²) >= 11 is 2.06. The van der Waals surface area contributed by atoms with Crippen LogP contribution < -0.4 is 5.73 Å². The second-order valence-corrected chi connectivity index (χ2v) is 6.21. The van der Waals surface area contributed by atoms with Gasteiger partial charge in [-0.25, -0.2) is 0 Å². The molecule has 1 saturated carbocycles. The lowest BCUT2D eigenvalue weighted by atomic mass is 9.78. The van der Waals surface area contributed by atoms with Gasteiger partial charge in [0.1, 0.15) is 0 Å². The molecule has 16 heavy (non-hydrogen) atoms. The molecule has 2 fully saturated rings. The summed E-state index contributed by atoms with van der Waals surface area (Å²) in [4.78, 5) is 2.63. The van der Waals surface area contributed by atoms with Crippen LogP contribution in [-0.4, -0.2) is 54.8 Å². The minimum Gasteiger partial charge on any atom is -0.381 e. The summed E-state index contributed by atoms with van der Waals surface area (Å²) < 4.78 is 5.55. The van der Waals surface area contributed by atoms with Crippen molar-refractivity contribution < 1.29 is 4.74 Å². The van der Waals surface area contributed by atoms with Gasteiger partial charge in [0.15, 0.2) is 0 Å². The topological polar surface area (TPSA) is 38.5 Å². The molecule has 0 aromatic rings. The van der Waals surface area contributed by atoms with Gasteiger partial charge in [0, 0.05) is 43.8 Å². The van der Waals surface area contributed by atoms with Gasteiger partial charge in [-0.05, 0) is 25.7 Å². The Bertz CT molecular complexity index is 221. The Morgan fingerprint density at radius 2 is 2.19 bits per heavy atom. The number of nitrogens with zero attached hydrogens (tertiary/aromatic N) is 1. The summed E-state index contributed by atoms with van der Waals surface area (Å²) in [5.41, 5.74) is 6.32. The first kappa shape index (κ1) is 12.7. The second-order valence-electron chi connectivity index (χ2n) is 4.98. The van der Waals surface area contributed by atoms with Crippen molar-refractivity contribution in [1.29, 1.82) is 0 Å². The standard InChI is InChI=1S/C12H24N2OS/c1-15-11-3-2-4-12(9-11,10-13)14-5-7-16-8-6-14/h11H,2-10,13H2,1H3. The first-order valence-corrected chi connectivity index (χ1v) is 7.52. The van der Waals surface area contributed by atoms with E-state index in [1.165, 1.54) is 43.9 Å². The number of ether oxygens (including phenoxy) is 1. The fraction of sp³-hybridized carbons (Fsp3) is 1.00. The van der Waals surface area contributed by atoms with Gasteiger partial charge < -0.3 is 10.5 Å². The molecular weight excluding hydrogens is 220 g/mol. The molecule has 1 saturated heterocycles. The highest BCUT2D eigenvalue weighted by molar-refractivity contribution is 7.99. The van der Waals surface area contributed by atoms with E-state index >= 15 is 0 Å². The quantitative estimate of drug-likeness (QED) is 0.813. The lowest BCUT2D eigenvalue weighted by Crippen LogP contribution is -2.59. The lowest BCUT2D eigenvalue weighted by Gasteiger charge is -2.49. The molecule has 1 aliphatic heterocycles. The zero-order chi connectivity index (χ0) is 11.4. The van der Waals surface area contributed by atoms with Crippen molar-refractivity contribution in [3.05, 3.63) is 0 Å². The van der Waals surface area contributed by atoms with Crippen LogP contribution in [0.2, 0.25) is 0 Å². The van der Waals surface area contributed by atoms with Crippen molar-refractivity contribution in [2.75, 3.05) is 38.2 Å². The lowest BCUT2D eigenvalue weighted by molar-refractivity contribution is -0.0182. The third-order valence-corrected chi connectivity index (χ3v) is 5.11. The Kier molecular flexibility index (Phi) is 4.53. The number of nitrogens with two attached hydrogens (primary N) is 1. The maximum absolute atomic E-state index is 6.08. The van der Waals surface area contributed by atoms with Crippen LogP contribution >= 0.6 is 11.8 Å². The Balaban J connectivity index is 2.04. The third-order valence-electron chi connectivity index (χ3n) is 4.17. The second kappa shape index (κ2) is 5.71. The van der Waals surface area contributed by atoms with Crippen LogP contribution in [0.5, 0.6) is 0 Å². The van der Waals surface area contributed by atoms with E-state index in [1.807, 2.05) is 7.11 Å². The van der Waals surface area contributed by atoms with Crippen LogP contribution in [0.4, 0.5) is 0 Å². The van der Waals surface area contributed by atoms with E-state index in [4.69, 9.17) is 10.5 Å². The highest BCUT2D eigenvalue weighted by atomic mass is 32.2. The molecular formula is C12H24N2OS. The van der Waals surface area contributed by atoms with Gasteiger partial charge in [-0.1, -0.05) is 0 Å². The molecule has 1 heterocycles. The van der Waals surface area contributed by atoms with Gasteiger partial charge in [-0.2, -0.15) is 11.8 Å². The van der Waals surface area contributed by atoms with Crippen molar-refractivity contribution in [3.63, 3.8) is 0 Å². The van der Waals surface area contributed by atoms with Crippen LogP contribution in [0.3, 0.4) is 0 Å². The molecule has 1 aliphatic carbocycles. The third kappa shape index (κ3) is 2.55. The van der Waals surface area contributed by atoms with Crippen LogP contribution in [0.25, 0.3) is 0 Å². The molecule has 3 nitrogen and oxygen atoms in total. The van der Waals surface area contributed by atoms with Gasteiger partial charge in [0.25, 0.3) is 0 Å². The molecule has 2 rings (SSSR count). The molecule has 4 heteroatoms. The number of hydrogen-bond donors (Lipinski definition) is 1. The fourth-order valence-corrected chi connectivity index (χ4v) is 4.03. The van der Waals surface area contributed by atoms with Crippen molar-refractivity contribution >= 4 is 11.8 Å². The summed E-state index contributed by atoms with van der Waals surface area (Å²) in [6.45, 7) is 3.20. The number of hydrogen-bond acceptors (Lipinski definition) is 4. The number of rotatable bonds is 3. The van der Waals surface area contributed by atoms with E-state index in [-0.39, 0.29) is 5.54 Å². The zero-order valence-electron chi connectivity index (χ0n) is 10.3. The molecule has 0 radical (unpaired) electrons. The van der Waals surface area contributed by atoms with Crippen LogP contribution in [0, 0.1) is 0 Å². The summed E-state index contributed by atoms with van der Waals surface area (Å²) in [7, 11) is 1.84. The molecule has 0 amide bonds. The molecule has 0 aromatic carbocycles. The fourth-order valence-electron chi connectivity index (χ4n) is 3.13. The highest BCUT2D eigenvalue weighted by Crippen LogP contribution is 2.35. The minimum absolute atomic E-state index is 0.236. The van der Waals surface area contributed by atoms with Crippen LogP contribution in [0.15, 0.2) is 0 Å². The Hall–Kier alpha value is 0.230. The molecule has 0 aromatic heterocycles. The molecule has 94 valence electrons. The molecule has 2 N–H and O–H groups in total. The number of methoxy groups -OCH3 is 1. The minimum atomic E-state index is 0.236. The average Bonchev–Trinajstić information content (AvgIpc) is 2.39. The summed E-state index contributed by atoms with van der Waals surface area (Å²) in [5.74, 6) is 2.53. The Morgan fingerprint density at radius 3 is 2.81 bits per heavy atom. The van der Waals surface area contributed by atoms with Crippen molar-refractivity contribution in [1.82, 2.24) is 4.90 Å². The van der Waals surface area contributed by atoms with Crippen LogP contribution in [-0.2, 0) is 4.74 Å². The van der Waals surface area contributed by atoms with E-state index in [1.54, 1.807) is 0 Å². The summed E-state index contributed by atoms with van der Waals surface area (Å²) in [5, 5.41) is 0. The van der Waals surface area contributed by atoms with Crippen LogP contribution in [0.1, 0.15) is 25.7 Å².